The smallest absolute Gasteiger partial charge is 0.246 e. The zero-order valence-corrected chi connectivity index (χ0v) is 13.9. The van der Waals surface area contributed by atoms with E-state index in [4.69, 9.17) is 0 Å². The lowest BCUT2D eigenvalue weighted by Gasteiger charge is -2.45. The molecule has 1 N–H and O–H groups in total. The minimum Gasteiger partial charge on any atom is -0.342 e. The molecule has 0 aromatic heterocycles. The zero-order valence-electron chi connectivity index (χ0n) is 13.1. The molecule has 0 aromatic rings. The Morgan fingerprint density at radius 1 is 1.24 bits per heavy atom. The van der Waals surface area contributed by atoms with Gasteiger partial charge in [0.25, 0.3) is 0 Å². The summed E-state index contributed by atoms with van der Waals surface area (Å²) in [7, 11) is 0. The van der Waals surface area contributed by atoms with Crippen molar-refractivity contribution in [1.82, 2.24) is 10.2 Å². The second kappa shape index (κ2) is 5.82. The first kappa shape index (κ1) is 15.2. The van der Waals surface area contributed by atoms with E-state index in [1.54, 1.807) is 0 Å². The van der Waals surface area contributed by atoms with E-state index in [0.29, 0.717) is 5.92 Å². The highest BCUT2D eigenvalue weighted by Gasteiger charge is 2.47. The van der Waals surface area contributed by atoms with E-state index < -0.39 is 0 Å². The second-order valence-electron chi connectivity index (χ2n) is 6.91. The number of amides is 2. The largest absolute Gasteiger partial charge is 0.342 e. The van der Waals surface area contributed by atoms with Crippen molar-refractivity contribution >= 4 is 23.6 Å². The monoisotopic (exact) mass is 310 g/mol. The molecule has 2 saturated carbocycles. The maximum Gasteiger partial charge on any atom is 0.246 e. The summed E-state index contributed by atoms with van der Waals surface area (Å²) in [6.45, 7) is 2.61. The summed E-state index contributed by atoms with van der Waals surface area (Å²) in [5, 5.41) is 2.94. The fourth-order valence-corrected chi connectivity index (χ4v) is 4.71. The van der Waals surface area contributed by atoms with Gasteiger partial charge in [0, 0.05) is 11.3 Å². The normalized spacial score (nSPS) is 33.0. The van der Waals surface area contributed by atoms with Gasteiger partial charge >= 0.3 is 0 Å². The van der Waals surface area contributed by atoms with Gasteiger partial charge in [-0.05, 0) is 44.8 Å². The minimum atomic E-state index is -0.321. The molecule has 0 radical (unpaired) electrons. The van der Waals surface area contributed by atoms with Crippen LogP contribution in [-0.2, 0) is 9.59 Å². The summed E-state index contributed by atoms with van der Waals surface area (Å²) in [4.78, 5) is 26.9. The number of rotatable bonds is 4. The third-order valence-corrected chi connectivity index (χ3v) is 6.85. The lowest BCUT2D eigenvalue weighted by molar-refractivity contribution is -0.149. The summed E-state index contributed by atoms with van der Waals surface area (Å²) in [6.07, 6.45) is 10.4. The van der Waals surface area contributed by atoms with Crippen molar-refractivity contribution in [3.8, 4) is 0 Å². The number of carbonyl (C=O) groups is 2. The van der Waals surface area contributed by atoms with E-state index in [9.17, 15) is 9.59 Å². The predicted octanol–water partition coefficient (Wildman–Crippen LogP) is 2.18. The molecule has 4 nitrogen and oxygen atoms in total. The second-order valence-corrected chi connectivity index (χ2v) is 8.19. The van der Waals surface area contributed by atoms with Crippen LogP contribution in [0.1, 0.15) is 51.9 Å². The van der Waals surface area contributed by atoms with E-state index in [-0.39, 0.29) is 28.6 Å². The molecule has 5 heteroatoms. The number of nitrogens with one attached hydrogen (secondary N) is 1. The topological polar surface area (TPSA) is 49.4 Å². The molecular weight excluding hydrogens is 284 g/mol. The molecule has 0 bridgehead atoms. The first-order valence-electron chi connectivity index (χ1n) is 8.22. The van der Waals surface area contributed by atoms with Gasteiger partial charge in [0.2, 0.25) is 11.8 Å². The molecule has 0 aromatic carbocycles. The fourth-order valence-electron chi connectivity index (χ4n) is 3.74. The van der Waals surface area contributed by atoms with Crippen LogP contribution in [0.25, 0.3) is 0 Å². The Morgan fingerprint density at radius 2 is 1.90 bits per heavy atom. The van der Waals surface area contributed by atoms with E-state index in [1.807, 2.05) is 23.6 Å². The van der Waals surface area contributed by atoms with Gasteiger partial charge in [-0.2, -0.15) is 11.8 Å². The minimum absolute atomic E-state index is 0.0264. The maximum absolute atomic E-state index is 12.8. The van der Waals surface area contributed by atoms with E-state index >= 15 is 0 Å². The van der Waals surface area contributed by atoms with Crippen molar-refractivity contribution in [2.75, 3.05) is 12.8 Å². The third-order valence-electron chi connectivity index (χ3n) is 5.44. The molecule has 2 amide bonds. The van der Waals surface area contributed by atoms with Crippen molar-refractivity contribution in [2.24, 2.45) is 5.92 Å². The zero-order chi connectivity index (χ0) is 15.0. The number of hydrogen-bond acceptors (Lipinski definition) is 3. The van der Waals surface area contributed by atoms with Crippen LogP contribution in [0.5, 0.6) is 0 Å². The molecule has 3 aliphatic rings. The molecule has 3 rings (SSSR count). The Hall–Kier alpha value is -0.710. The lowest BCUT2D eigenvalue weighted by atomic mass is 9.87. The number of piperazine rings is 1. The highest BCUT2D eigenvalue weighted by atomic mass is 32.2. The quantitative estimate of drug-likeness (QED) is 0.866. The first-order valence-corrected chi connectivity index (χ1v) is 9.45. The van der Waals surface area contributed by atoms with Gasteiger partial charge in [-0.1, -0.05) is 19.3 Å². The molecule has 1 saturated heterocycles. The highest BCUT2D eigenvalue weighted by molar-refractivity contribution is 8.00. The van der Waals surface area contributed by atoms with Crippen LogP contribution in [0.3, 0.4) is 0 Å². The van der Waals surface area contributed by atoms with E-state index in [2.05, 4.69) is 11.6 Å². The van der Waals surface area contributed by atoms with Crippen LogP contribution < -0.4 is 5.32 Å². The average Bonchev–Trinajstić information content (AvgIpc) is 3.33. The molecular formula is C16H26N2O2S. The van der Waals surface area contributed by atoms with Crippen LogP contribution >= 0.6 is 11.8 Å². The van der Waals surface area contributed by atoms with Crippen molar-refractivity contribution in [2.45, 2.75) is 68.7 Å². The Kier molecular flexibility index (Phi) is 4.21. The van der Waals surface area contributed by atoms with Crippen molar-refractivity contribution in [1.29, 1.82) is 0 Å². The lowest BCUT2D eigenvalue weighted by Crippen LogP contribution is -2.65. The third kappa shape index (κ3) is 2.94. The maximum atomic E-state index is 12.8. The fraction of sp³-hybridized carbons (Fsp3) is 0.875. The van der Waals surface area contributed by atoms with Crippen LogP contribution in [0, 0.1) is 5.92 Å². The molecule has 1 heterocycles. The number of thioether (sulfide) groups is 1. The van der Waals surface area contributed by atoms with Crippen LogP contribution in [-0.4, -0.2) is 46.3 Å². The molecule has 2 aliphatic carbocycles. The number of hydrogen-bond donors (Lipinski definition) is 1. The van der Waals surface area contributed by atoms with E-state index in [0.717, 1.165) is 19.4 Å². The SMILES string of the molecule is CSC1(CN2C(=O)C(C3CC3)NC(=O)C2C)CCCCC1. The van der Waals surface area contributed by atoms with Crippen LogP contribution in [0.15, 0.2) is 0 Å². The van der Waals surface area contributed by atoms with Gasteiger partial charge in [0.1, 0.15) is 12.1 Å². The van der Waals surface area contributed by atoms with Gasteiger partial charge in [-0.3, -0.25) is 9.59 Å². The Bertz CT molecular complexity index is 430. The van der Waals surface area contributed by atoms with Gasteiger partial charge < -0.3 is 10.2 Å². The van der Waals surface area contributed by atoms with Crippen molar-refractivity contribution in [3.05, 3.63) is 0 Å². The molecule has 0 spiro atoms. The van der Waals surface area contributed by atoms with E-state index in [1.165, 1.54) is 32.1 Å². The summed E-state index contributed by atoms with van der Waals surface area (Å²) in [5.74, 6) is 0.565. The predicted molar refractivity (Wildman–Crippen MR) is 85.2 cm³/mol. The summed E-state index contributed by atoms with van der Waals surface area (Å²) < 4.78 is 0.161. The number of nitrogens with zero attached hydrogens (tertiary/aromatic N) is 1. The van der Waals surface area contributed by atoms with Crippen LogP contribution in [0.2, 0.25) is 0 Å². The summed E-state index contributed by atoms with van der Waals surface area (Å²) >= 11 is 1.89. The summed E-state index contributed by atoms with van der Waals surface area (Å²) in [6, 6.07) is -0.574. The molecule has 3 fully saturated rings. The molecule has 2 atom stereocenters. The number of carbonyl (C=O) groups excluding carboxylic acids is 2. The summed E-state index contributed by atoms with van der Waals surface area (Å²) in [5.41, 5.74) is 0. The van der Waals surface area contributed by atoms with Crippen molar-refractivity contribution < 1.29 is 9.59 Å². The molecule has 1 aliphatic heterocycles. The van der Waals surface area contributed by atoms with Gasteiger partial charge in [0.15, 0.2) is 0 Å². The van der Waals surface area contributed by atoms with Crippen LogP contribution in [0.4, 0.5) is 0 Å². The Morgan fingerprint density at radius 3 is 2.48 bits per heavy atom. The Labute approximate surface area is 131 Å². The van der Waals surface area contributed by atoms with Gasteiger partial charge in [-0.25, -0.2) is 0 Å². The molecule has 2 unspecified atom stereocenters. The first-order chi connectivity index (χ1) is 10.1. The molecule has 118 valence electrons. The highest BCUT2D eigenvalue weighted by Crippen LogP contribution is 2.41. The Balaban J connectivity index is 1.77. The average molecular weight is 310 g/mol. The molecule has 21 heavy (non-hydrogen) atoms. The van der Waals surface area contributed by atoms with Gasteiger partial charge in [-0.15, -0.1) is 0 Å². The van der Waals surface area contributed by atoms with Gasteiger partial charge in [0.05, 0.1) is 0 Å². The van der Waals surface area contributed by atoms with Crippen molar-refractivity contribution in [3.63, 3.8) is 0 Å². The standard InChI is InChI=1S/C16H26N2O2S/c1-11-14(19)17-13(12-6-7-12)15(20)18(11)10-16(21-2)8-4-3-5-9-16/h11-13H,3-10H2,1-2H3,(H,17,19).